The lowest BCUT2D eigenvalue weighted by atomic mass is 9.80. The van der Waals surface area contributed by atoms with Crippen LogP contribution in [0.2, 0.25) is 0 Å². The van der Waals surface area contributed by atoms with Crippen molar-refractivity contribution in [3.05, 3.63) is 59.4 Å². The van der Waals surface area contributed by atoms with Gasteiger partial charge in [0.2, 0.25) is 0 Å². The molecule has 3 heteroatoms. The summed E-state index contributed by atoms with van der Waals surface area (Å²) in [7, 11) is 0. The lowest BCUT2D eigenvalue weighted by Gasteiger charge is -2.23. The van der Waals surface area contributed by atoms with E-state index < -0.39 is 0 Å². The van der Waals surface area contributed by atoms with E-state index in [1.54, 1.807) is 18.5 Å². The van der Waals surface area contributed by atoms with E-state index in [0.29, 0.717) is 17.9 Å². The summed E-state index contributed by atoms with van der Waals surface area (Å²) in [5, 5.41) is 0. The Bertz CT molecular complexity index is 651. The number of rotatable bonds is 4. The predicted octanol–water partition coefficient (Wildman–Crippen LogP) is 3.47. The molecular formula is C18H19NO2. The van der Waals surface area contributed by atoms with E-state index in [4.69, 9.17) is 4.74 Å². The van der Waals surface area contributed by atoms with Crippen LogP contribution in [0.4, 0.5) is 0 Å². The minimum atomic E-state index is 0.0542. The highest BCUT2D eigenvalue weighted by atomic mass is 16.5. The van der Waals surface area contributed by atoms with Gasteiger partial charge in [0.15, 0.2) is 5.78 Å². The number of fused-ring (bicyclic) bond motifs is 1. The Hall–Kier alpha value is -2.16. The van der Waals surface area contributed by atoms with Crippen molar-refractivity contribution < 1.29 is 9.53 Å². The summed E-state index contributed by atoms with van der Waals surface area (Å²) >= 11 is 0. The molecule has 3 nitrogen and oxygen atoms in total. The summed E-state index contributed by atoms with van der Waals surface area (Å²) in [6.45, 7) is 2.50. The Morgan fingerprint density at radius 1 is 1.29 bits per heavy atom. The molecule has 1 aromatic carbocycles. The first-order valence-electron chi connectivity index (χ1n) is 7.46. The molecule has 3 rings (SSSR count). The number of carbonyl (C=O) groups is 1. The number of ketones is 1. The van der Waals surface area contributed by atoms with E-state index >= 15 is 0 Å². The number of pyridine rings is 1. The van der Waals surface area contributed by atoms with Gasteiger partial charge in [-0.15, -0.1) is 0 Å². The van der Waals surface area contributed by atoms with Gasteiger partial charge in [-0.05, 0) is 43.4 Å². The van der Waals surface area contributed by atoms with Crippen molar-refractivity contribution in [2.45, 2.75) is 26.2 Å². The molecular weight excluding hydrogens is 262 g/mol. The van der Waals surface area contributed by atoms with Gasteiger partial charge in [0.25, 0.3) is 0 Å². The molecule has 2 aromatic rings. The first-order valence-corrected chi connectivity index (χ1v) is 7.46. The molecule has 1 unspecified atom stereocenters. The van der Waals surface area contributed by atoms with Crippen LogP contribution in [-0.2, 0) is 12.8 Å². The maximum atomic E-state index is 12.7. The van der Waals surface area contributed by atoms with E-state index in [-0.39, 0.29) is 11.7 Å². The lowest BCUT2D eigenvalue weighted by molar-refractivity contribution is 0.0908. The van der Waals surface area contributed by atoms with Gasteiger partial charge in [-0.2, -0.15) is 0 Å². The highest BCUT2D eigenvalue weighted by Gasteiger charge is 2.25. The Morgan fingerprint density at radius 3 is 2.90 bits per heavy atom. The molecule has 21 heavy (non-hydrogen) atoms. The topological polar surface area (TPSA) is 39.2 Å². The average molecular weight is 281 g/mol. The van der Waals surface area contributed by atoms with E-state index in [2.05, 4.69) is 23.2 Å². The Morgan fingerprint density at radius 2 is 2.10 bits per heavy atom. The normalized spacial score (nSPS) is 17.1. The van der Waals surface area contributed by atoms with Crippen LogP contribution < -0.4 is 4.74 Å². The van der Waals surface area contributed by atoms with E-state index in [0.717, 1.165) is 19.3 Å². The fourth-order valence-corrected chi connectivity index (χ4v) is 2.96. The van der Waals surface area contributed by atoms with Gasteiger partial charge in [0, 0.05) is 17.7 Å². The van der Waals surface area contributed by atoms with E-state index in [1.165, 1.54) is 11.1 Å². The lowest BCUT2D eigenvalue weighted by Crippen LogP contribution is -2.23. The number of Topliss-reactive ketones (excluding diaryl/α,β-unsaturated/α-hetero) is 1. The third-order valence-electron chi connectivity index (χ3n) is 4.03. The SMILES string of the molecule is CCOc1cncc(C(=O)C2CCc3ccccc3C2)c1. The van der Waals surface area contributed by atoms with Crippen LogP contribution in [0, 0.1) is 5.92 Å². The van der Waals surface area contributed by atoms with E-state index in [9.17, 15) is 4.79 Å². The summed E-state index contributed by atoms with van der Waals surface area (Å²) in [4.78, 5) is 16.8. The fourth-order valence-electron chi connectivity index (χ4n) is 2.96. The molecule has 0 N–H and O–H groups in total. The van der Waals surface area contributed by atoms with Crippen LogP contribution in [0.15, 0.2) is 42.7 Å². The summed E-state index contributed by atoms with van der Waals surface area (Å²) in [6, 6.07) is 10.2. The minimum Gasteiger partial charge on any atom is -0.492 e. The highest BCUT2D eigenvalue weighted by molar-refractivity contribution is 5.98. The third-order valence-corrected chi connectivity index (χ3v) is 4.03. The largest absolute Gasteiger partial charge is 0.492 e. The average Bonchev–Trinajstić information content (AvgIpc) is 2.54. The first-order chi connectivity index (χ1) is 10.3. The van der Waals surface area contributed by atoms with Crippen molar-refractivity contribution in [1.29, 1.82) is 0 Å². The van der Waals surface area contributed by atoms with Crippen LogP contribution in [0.1, 0.15) is 34.8 Å². The Balaban J connectivity index is 1.79. The molecule has 0 saturated carbocycles. The number of aromatic nitrogens is 1. The van der Waals surface area contributed by atoms with Crippen molar-refractivity contribution in [1.82, 2.24) is 4.98 Å². The molecule has 0 radical (unpaired) electrons. The van der Waals surface area contributed by atoms with Gasteiger partial charge in [0.05, 0.1) is 12.8 Å². The van der Waals surface area contributed by atoms with Gasteiger partial charge in [0.1, 0.15) is 5.75 Å². The van der Waals surface area contributed by atoms with Crippen molar-refractivity contribution in [3.63, 3.8) is 0 Å². The number of benzene rings is 1. The smallest absolute Gasteiger partial charge is 0.167 e. The second-order valence-electron chi connectivity index (χ2n) is 5.42. The monoisotopic (exact) mass is 281 g/mol. The number of ether oxygens (including phenoxy) is 1. The quantitative estimate of drug-likeness (QED) is 0.806. The van der Waals surface area contributed by atoms with Crippen LogP contribution >= 0.6 is 0 Å². The molecule has 1 atom stereocenters. The Kier molecular flexibility index (Phi) is 4.00. The number of hydrogen-bond donors (Lipinski definition) is 0. The predicted molar refractivity (Wildman–Crippen MR) is 81.7 cm³/mol. The van der Waals surface area contributed by atoms with Crippen molar-refractivity contribution in [3.8, 4) is 5.75 Å². The molecule has 1 aromatic heterocycles. The van der Waals surface area contributed by atoms with Crippen LogP contribution in [-0.4, -0.2) is 17.4 Å². The number of nitrogens with zero attached hydrogens (tertiary/aromatic N) is 1. The summed E-state index contributed by atoms with van der Waals surface area (Å²) in [5.41, 5.74) is 3.34. The minimum absolute atomic E-state index is 0.0542. The second kappa shape index (κ2) is 6.08. The van der Waals surface area contributed by atoms with Crippen molar-refractivity contribution in [2.75, 3.05) is 6.61 Å². The molecule has 1 heterocycles. The fraction of sp³-hybridized carbons (Fsp3) is 0.333. The zero-order chi connectivity index (χ0) is 14.7. The van der Waals surface area contributed by atoms with Crippen LogP contribution in [0.25, 0.3) is 0 Å². The molecule has 0 bridgehead atoms. The van der Waals surface area contributed by atoms with Gasteiger partial charge in [-0.1, -0.05) is 24.3 Å². The van der Waals surface area contributed by atoms with Crippen LogP contribution in [0.5, 0.6) is 5.75 Å². The highest BCUT2D eigenvalue weighted by Crippen LogP contribution is 2.28. The zero-order valence-electron chi connectivity index (χ0n) is 12.2. The molecule has 0 spiro atoms. The van der Waals surface area contributed by atoms with Crippen molar-refractivity contribution in [2.24, 2.45) is 5.92 Å². The molecule has 1 aliphatic rings. The second-order valence-corrected chi connectivity index (χ2v) is 5.42. The Labute approximate surface area is 125 Å². The third kappa shape index (κ3) is 2.97. The maximum Gasteiger partial charge on any atom is 0.167 e. The zero-order valence-corrected chi connectivity index (χ0v) is 12.2. The molecule has 0 fully saturated rings. The maximum absolute atomic E-state index is 12.7. The van der Waals surface area contributed by atoms with Gasteiger partial charge < -0.3 is 4.74 Å². The van der Waals surface area contributed by atoms with Crippen molar-refractivity contribution >= 4 is 5.78 Å². The summed E-state index contributed by atoms with van der Waals surface area (Å²) in [5.74, 6) is 0.900. The molecule has 108 valence electrons. The van der Waals surface area contributed by atoms with Gasteiger partial charge in [-0.3, -0.25) is 9.78 Å². The number of hydrogen-bond acceptors (Lipinski definition) is 3. The first kappa shape index (κ1) is 13.8. The summed E-state index contributed by atoms with van der Waals surface area (Å²) < 4.78 is 5.43. The van der Waals surface area contributed by atoms with E-state index in [1.807, 2.05) is 13.0 Å². The van der Waals surface area contributed by atoms with Gasteiger partial charge in [-0.25, -0.2) is 0 Å². The summed E-state index contributed by atoms with van der Waals surface area (Å²) in [6.07, 6.45) is 6.01. The standard InChI is InChI=1S/C18H19NO2/c1-2-21-17-10-16(11-19-12-17)18(20)15-8-7-13-5-3-4-6-14(13)9-15/h3-6,10-12,15H,2,7-9H2,1H3. The molecule has 0 saturated heterocycles. The van der Waals surface area contributed by atoms with Gasteiger partial charge >= 0.3 is 0 Å². The molecule has 0 aliphatic heterocycles. The number of aryl methyl sites for hydroxylation is 1. The number of carbonyl (C=O) groups excluding carboxylic acids is 1. The molecule has 0 amide bonds. The van der Waals surface area contributed by atoms with Crippen LogP contribution in [0.3, 0.4) is 0 Å². The molecule has 1 aliphatic carbocycles.